The number of pyridine rings is 2. The van der Waals surface area contributed by atoms with E-state index in [1.165, 1.54) is 21.0 Å². The van der Waals surface area contributed by atoms with Crippen molar-refractivity contribution < 1.29 is 30.8 Å². The van der Waals surface area contributed by atoms with Gasteiger partial charge in [0, 0.05) is 42.9 Å². The summed E-state index contributed by atoms with van der Waals surface area (Å²) in [5, 5.41) is 0.433. The lowest BCUT2D eigenvalue weighted by atomic mass is 10.0. The van der Waals surface area contributed by atoms with Crippen LogP contribution in [-0.4, -0.2) is 40.6 Å². The molecule has 0 aliphatic carbocycles. The van der Waals surface area contributed by atoms with Crippen molar-refractivity contribution in [2.24, 2.45) is 0 Å². The lowest BCUT2D eigenvalue weighted by molar-refractivity contribution is -0.137. The van der Waals surface area contributed by atoms with Crippen molar-refractivity contribution in [3.05, 3.63) is 82.4 Å². The summed E-state index contributed by atoms with van der Waals surface area (Å²) in [6, 6.07) is 10.8. The predicted molar refractivity (Wildman–Crippen MR) is 146 cm³/mol. The second-order valence-electron chi connectivity index (χ2n) is 10.3. The Balaban J connectivity index is 1.37. The molecule has 3 aromatic heterocycles. The summed E-state index contributed by atoms with van der Waals surface area (Å²) < 4.78 is 74.0. The number of nitrogens with zero attached hydrogens (tertiary/aromatic N) is 3. The summed E-state index contributed by atoms with van der Waals surface area (Å²) in [6.45, 7) is 3.77. The molecular weight excluding hydrogens is 559 g/mol. The Morgan fingerprint density at radius 2 is 1.90 bits per heavy atom. The van der Waals surface area contributed by atoms with Crippen molar-refractivity contribution in [2.75, 3.05) is 6.54 Å². The first-order valence-corrected chi connectivity index (χ1v) is 14.6. The van der Waals surface area contributed by atoms with Gasteiger partial charge in [0.15, 0.2) is 5.78 Å². The molecule has 0 spiro atoms. The highest BCUT2D eigenvalue weighted by atomic mass is 32.2. The van der Waals surface area contributed by atoms with E-state index in [9.17, 15) is 31.2 Å². The lowest BCUT2D eigenvalue weighted by Gasteiger charge is -2.22. The number of hydrogen-bond donors (Lipinski definition) is 0. The lowest BCUT2D eigenvalue weighted by Crippen LogP contribution is -2.40. The number of rotatable bonds is 8. The Bertz CT molecular complexity index is 1730. The molecule has 8 nitrogen and oxygen atoms in total. The topological polar surface area (TPSA) is 102 Å². The number of carbonyl (C=O) groups excluding carboxylic acids is 1. The van der Waals surface area contributed by atoms with E-state index in [-0.39, 0.29) is 47.6 Å². The Kier molecular flexibility index (Phi) is 7.64. The minimum atomic E-state index is -4.56. The molecule has 1 atom stereocenters. The summed E-state index contributed by atoms with van der Waals surface area (Å²) in [6.07, 6.45) is -1.14. The number of aryl methyl sites for hydroxylation is 1. The maximum atomic E-state index is 13.4. The molecular formula is C29H28F3N3O5S. The van der Waals surface area contributed by atoms with Crippen molar-refractivity contribution in [1.82, 2.24) is 13.9 Å². The largest absolute Gasteiger partial charge is 0.443 e. The molecule has 1 fully saturated rings. The summed E-state index contributed by atoms with van der Waals surface area (Å²) in [5.41, 5.74) is -0.0938. The van der Waals surface area contributed by atoms with Gasteiger partial charge >= 0.3 is 6.18 Å². The fourth-order valence-corrected chi connectivity index (χ4v) is 6.70. The van der Waals surface area contributed by atoms with Crippen LogP contribution in [0.3, 0.4) is 0 Å². The van der Waals surface area contributed by atoms with Gasteiger partial charge in [0.2, 0.25) is 5.09 Å². The molecule has 0 N–H and O–H groups in total. The average molecular weight is 588 g/mol. The van der Waals surface area contributed by atoms with Gasteiger partial charge in [0.25, 0.3) is 15.6 Å². The smallest absolute Gasteiger partial charge is 0.417 e. The number of halogens is 3. The van der Waals surface area contributed by atoms with Crippen LogP contribution in [0.5, 0.6) is 0 Å². The molecule has 1 aliphatic heterocycles. The summed E-state index contributed by atoms with van der Waals surface area (Å²) in [5.74, 6) is -0.265. The van der Waals surface area contributed by atoms with Crippen LogP contribution in [0.15, 0.2) is 75.2 Å². The summed E-state index contributed by atoms with van der Waals surface area (Å²) in [4.78, 5) is 30.3. The van der Waals surface area contributed by atoms with Gasteiger partial charge in [-0.25, -0.2) is 8.42 Å². The van der Waals surface area contributed by atoms with E-state index in [1.807, 2.05) is 0 Å². The van der Waals surface area contributed by atoms with E-state index in [4.69, 9.17) is 4.42 Å². The third-order valence-electron chi connectivity index (χ3n) is 7.22. The van der Waals surface area contributed by atoms with E-state index in [0.29, 0.717) is 35.6 Å². The zero-order valence-electron chi connectivity index (χ0n) is 22.4. The van der Waals surface area contributed by atoms with Gasteiger partial charge in [0.1, 0.15) is 5.58 Å². The minimum Gasteiger partial charge on any atom is -0.443 e. The normalized spacial score (nSPS) is 16.6. The molecule has 0 unspecified atom stereocenters. The van der Waals surface area contributed by atoms with Crippen LogP contribution in [0.25, 0.3) is 22.2 Å². The molecule has 41 heavy (non-hydrogen) atoms. The maximum absolute atomic E-state index is 13.4. The third kappa shape index (κ3) is 5.71. The quantitative estimate of drug-likeness (QED) is 0.266. The highest BCUT2D eigenvalue weighted by Crippen LogP contribution is 2.32. The van der Waals surface area contributed by atoms with Gasteiger partial charge in [-0.1, -0.05) is 18.2 Å². The number of benzene rings is 1. The number of furan rings is 1. The molecule has 0 radical (unpaired) electrons. The molecule has 216 valence electrons. The van der Waals surface area contributed by atoms with E-state index in [2.05, 4.69) is 4.98 Å². The van der Waals surface area contributed by atoms with Crippen LogP contribution in [-0.2, 0) is 27.4 Å². The molecule has 0 saturated carbocycles. The Morgan fingerprint density at radius 1 is 1.15 bits per heavy atom. The van der Waals surface area contributed by atoms with Crippen molar-refractivity contribution in [1.29, 1.82) is 0 Å². The fourth-order valence-electron chi connectivity index (χ4n) is 5.07. The van der Waals surface area contributed by atoms with Gasteiger partial charge in [0.05, 0.1) is 22.9 Å². The zero-order chi connectivity index (χ0) is 29.5. The van der Waals surface area contributed by atoms with Crippen LogP contribution in [0.2, 0.25) is 0 Å². The molecule has 5 rings (SSSR count). The standard InChI is InChI=1S/C29H28F3N3O5S/c1-18(2)34-17-19(14-22(28(34)37)23-11-10-21(16-33-23)29(30,31)32)9-12-25(36)24-7-5-13-35(24)41(38,39)27-15-20-6-3-4-8-26(20)40-27/h3-4,6,8,10-11,14-18,24H,5,7,9,12-13H2,1-2H3/t24-/m0/s1. The van der Waals surface area contributed by atoms with E-state index in [1.54, 1.807) is 44.3 Å². The average Bonchev–Trinajstić information content (AvgIpc) is 3.60. The van der Waals surface area contributed by atoms with Crippen molar-refractivity contribution >= 4 is 26.8 Å². The zero-order valence-corrected chi connectivity index (χ0v) is 23.2. The van der Waals surface area contributed by atoms with Crippen molar-refractivity contribution in [2.45, 2.75) is 62.9 Å². The number of Topliss-reactive ketones (excluding diaryl/α,β-unsaturated/α-hetero) is 1. The monoisotopic (exact) mass is 587 g/mol. The SMILES string of the molecule is CC(C)n1cc(CCC(=O)[C@@H]2CCCN2S(=O)(=O)c2cc3ccccc3o2)cc(-c2ccc(C(F)(F)F)cn2)c1=O. The molecule has 1 saturated heterocycles. The summed E-state index contributed by atoms with van der Waals surface area (Å²) in [7, 11) is -4.05. The highest BCUT2D eigenvalue weighted by Gasteiger charge is 2.40. The molecule has 12 heteroatoms. The first-order valence-electron chi connectivity index (χ1n) is 13.2. The minimum absolute atomic E-state index is 0.00694. The highest BCUT2D eigenvalue weighted by molar-refractivity contribution is 7.89. The second kappa shape index (κ2) is 10.9. The Morgan fingerprint density at radius 3 is 2.56 bits per heavy atom. The van der Waals surface area contributed by atoms with Crippen LogP contribution in [0.1, 0.15) is 50.3 Å². The third-order valence-corrected chi connectivity index (χ3v) is 8.99. The number of carbonyl (C=O) groups is 1. The van der Waals surface area contributed by atoms with E-state index in [0.717, 1.165) is 12.1 Å². The molecule has 4 aromatic rings. The van der Waals surface area contributed by atoms with Gasteiger partial charge in [-0.2, -0.15) is 17.5 Å². The van der Waals surface area contributed by atoms with Crippen LogP contribution >= 0.6 is 0 Å². The number of hydrogen-bond acceptors (Lipinski definition) is 6. The number of aromatic nitrogens is 2. The maximum Gasteiger partial charge on any atom is 0.417 e. The van der Waals surface area contributed by atoms with Gasteiger partial charge in [-0.15, -0.1) is 0 Å². The van der Waals surface area contributed by atoms with E-state index < -0.39 is 33.4 Å². The van der Waals surface area contributed by atoms with Gasteiger partial charge in [-0.05, 0) is 62.9 Å². The molecule has 0 bridgehead atoms. The predicted octanol–water partition coefficient (Wildman–Crippen LogP) is 5.61. The molecule has 1 aliphatic rings. The Hall–Kier alpha value is -3.77. The molecule has 4 heterocycles. The van der Waals surface area contributed by atoms with Crippen LogP contribution in [0, 0.1) is 0 Å². The van der Waals surface area contributed by atoms with Crippen LogP contribution < -0.4 is 5.56 Å². The number of sulfonamides is 1. The number of ketones is 1. The molecule has 0 amide bonds. The number of para-hydroxylation sites is 1. The van der Waals surface area contributed by atoms with Crippen molar-refractivity contribution in [3.63, 3.8) is 0 Å². The summed E-state index contributed by atoms with van der Waals surface area (Å²) >= 11 is 0. The first kappa shape index (κ1) is 28.7. The number of fused-ring (bicyclic) bond motifs is 1. The second-order valence-corrected chi connectivity index (χ2v) is 12.2. The first-order chi connectivity index (χ1) is 19.4. The number of alkyl halides is 3. The van der Waals surface area contributed by atoms with Gasteiger partial charge < -0.3 is 8.98 Å². The molecule has 1 aromatic carbocycles. The van der Waals surface area contributed by atoms with E-state index >= 15 is 0 Å². The van der Waals surface area contributed by atoms with Gasteiger partial charge in [-0.3, -0.25) is 14.6 Å². The fraction of sp³-hybridized carbons (Fsp3) is 0.345. The van der Waals surface area contributed by atoms with Crippen molar-refractivity contribution in [3.8, 4) is 11.3 Å². The Labute approximate surface area is 234 Å². The van der Waals surface area contributed by atoms with Crippen LogP contribution in [0.4, 0.5) is 13.2 Å².